The molecule has 19 heavy (non-hydrogen) atoms. The van der Waals surface area contributed by atoms with Crippen LogP contribution in [0.3, 0.4) is 0 Å². The SMILES string of the molecule is CNCc1ccccc1Oc1ccc(C(N)=O)nn1. The maximum atomic E-state index is 10.9. The van der Waals surface area contributed by atoms with Crippen molar-refractivity contribution in [3.05, 3.63) is 47.7 Å². The molecule has 6 heteroatoms. The molecule has 1 heterocycles. The highest BCUT2D eigenvalue weighted by Gasteiger charge is 2.07. The van der Waals surface area contributed by atoms with Crippen LogP contribution in [-0.4, -0.2) is 23.2 Å². The fraction of sp³-hybridized carbons (Fsp3) is 0.154. The lowest BCUT2D eigenvalue weighted by Gasteiger charge is -2.09. The van der Waals surface area contributed by atoms with E-state index in [0.717, 1.165) is 5.56 Å². The molecule has 0 saturated carbocycles. The number of amides is 1. The van der Waals surface area contributed by atoms with Crippen LogP contribution >= 0.6 is 0 Å². The van der Waals surface area contributed by atoms with Crippen molar-refractivity contribution in [1.29, 1.82) is 0 Å². The standard InChI is InChI=1S/C13H14N4O2/c1-15-8-9-4-2-3-5-11(9)19-12-7-6-10(13(14)18)16-17-12/h2-7,15H,8H2,1H3,(H2,14,18). The number of rotatable bonds is 5. The quantitative estimate of drug-likeness (QED) is 0.837. The van der Waals surface area contributed by atoms with Crippen molar-refractivity contribution in [2.75, 3.05) is 7.05 Å². The van der Waals surface area contributed by atoms with E-state index in [1.54, 1.807) is 6.07 Å². The van der Waals surface area contributed by atoms with E-state index in [1.165, 1.54) is 6.07 Å². The summed E-state index contributed by atoms with van der Waals surface area (Å²) in [5.41, 5.74) is 6.20. The maximum Gasteiger partial charge on any atom is 0.269 e. The molecule has 0 aliphatic heterocycles. The molecule has 98 valence electrons. The van der Waals surface area contributed by atoms with Gasteiger partial charge in [0, 0.05) is 18.2 Å². The van der Waals surface area contributed by atoms with E-state index in [4.69, 9.17) is 10.5 Å². The molecule has 1 aromatic carbocycles. The van der Waals surface area contributed by atoms with E-state index in [2.05, 4.69) is 15.5 Å². The maximum absolute atomic E-state index is 10.9. The van der Waals surface area contributed by atoms with Crippen molar-refractivity contribution < 1.29 is 9.53 Å². The van der Waals surface area contributed by atoms with E-state index in [0.29, 0.717) is 18.2 Å². The minimum absolute atomic E-state index is 0.107. The largest absolute Gasteiger partial charge is 0.437 e. The number of carbonyl (C=O) groups is 1. The Morgan fingerprint density at radius 2 is 2.05 bits per heavy atom. The van der Waals surface area contributed by atoms with Crippen molar-refractivity contribution in [1.82, 2.24) is 15.5 Å². The number of nitrogens with one attached hydrogen (secondary N) is 1. The molecule has 0 bridgehead atoms. The second kappa shape index (κ2) is 5.92. The third-order valence-corrected chi connectivity index (χ3v) is 2.45. The fourth-order valence-corrected chi connectivity index (χ4v) is 1.56. The third-order valence-electron chi connectivity index (χ3n) is 2.45. The Morgan fingerprint density at radius 3 is 2.68 bits per heavy atom. The lowest BCUT2D eigenvalue weighted by molar-refractivity contribution is 0.0994. The zero-order valence-electron chi connectivity index (χ0n) is 10.5. The molecule has 0 atom stereocenters. The number of hydrogen-bond acceptors (Lipinski definition) is 5. The molecule has 1 aromatic heterocycles. The Labute approximate surface area is 110 Å². The summed E-state index contributed by atoms with van der Waals surface area (Å²) in [7, 11) is 1.86. The zero-order valence-corrected chi connectivity index (χ0v) is 10.5. The average molecular weight is 258 g/mol. The predicted molar refractivity (Wildman–Crippen MR) is 69.8 cm³/mol. The highest BCUT2D eigenvalue weighted by atomic mass is 16.5. The smallest absolute Gasteiger partial charge is 0.269 e. The van der Waals surface area contributed by atoms with Crippen LogP contribution in [0.25, 0.3) is 0 Å². The van der Waals surface area contributed by atoms with Gasteiger partial charge in [-0.25, -0.2) is 0 Å². The van der Waals surface area contributed by atoms with Gasteiger partial charge in [0.2, 0.25) is 5.88 Å². The lowest BCUT2D eigenvalue weighted by atomic mass is 10.2. The van der Waals surface area contributed by atoms with E-state index in [9.17, 15) is 4.79 Å². The van der Waals surface area contributed by atoms with E-state index >= 15 is 0 Å². The Bertz CT molecular complexity index is 569. The van der Waals surface area contributed by atoms with Crippen LogP contribution < -0.4 is 15.8 Å². The van der Waals surface area contributed by atoms with Gasteiger partial charge in [-0.2, -0.15) is 0 Å². The highest BCUT2D eigenvalue weighted by molar-refractivity contribution is 5.90. The Kier molecular flexibility index (Phi) is 4.04. The lowest BCUT2D eigenvalue weighted by Crippen LogP contribution is -2.13. The molecular weight excluding hydrogens is 244 g/mol. The molecule has 2 aromatic rings. The number of primary amides is 1. The second-order valence-electron chi connectivity index (χ2n) is 3.86. The van der Waals surface area contributed by atoms with Crippen LogP contribution in [0, 0.1) is 0 Å². The van der Waals surface area contributed by atoms with Gasteiger partial charge in [0.05, 0.1) is 0 Å². The number of nitrogens with zero attached hydrogens (tertiary/aromatic N) is 2. The minimum Gasteiger partial charge on any atom is -0.437 e. The molecule has 0 saturated heterocycles. The fourth-order valence-electron chi connectivity index (χ4n) is 1.56. The number of para-hydroxylation sites is 1. The second-order valence-corrected chi connectivity index (χ2v) is 3.86. The first-order valence-electron chi connectivity index (χ1n) is 5.74. The van der Waals surface area contributed by atoms with Crippen molar-refractivity contribution in [2.24, 2.45) is 5.73 Å². The monoisotopic (exact) mass is 258 g/mol. The average Bonchev–Trinajstić information content (AvgIpc) is 2.42. The topological polar surface area (TPSA) is 90.1 Å². The van der Waals surface area contributed by atoms with Crippen LogP contribution in [0.2, 0.25) is 0 Å². The van der Waals surface area contributed by atoms with Crippen LogP contribution in [0.15, 0.2) is 36.4 Å². The molecular formula is C13H14N4O2. The molecule has 2 rings (SSSR count). The molecule has 0 aliphatic rings. The van der Waals surface area contributed by atoms with Gasteiger partial charge in [-0.15, -0.1) is 10.2 Å². The molecule has 0 fully saturated rings. The Morgan fingerprint density at radius 1 is 1.26 bits per heavy atom. The van der Waals surface area contributed by atoms with Gasteiger partial charge >= 0.3 is 0 Å². The summed E-state index contributed by atoms with van der Waals surface area (Å²) >= 11 is 0. The number of carbonyl (C=O) groups excluding carboxylic acids is 1. The summed E-state index contributed by atoms with van der Waals surface area (Å²) < 4.78 is 5.63. The molecule has 3 N–H and O–H groups in total. The summed E-state index contributed by atoms with van der Waals surface area (Å²) in [6.07, 6.45) is 0. The highest BCUT2D eigenvalue weighted by Crippen LogP contribution is 2.23. The normalized spacial score (nSPS) is 10.2. The first kappa shape index (κ1) is 13.0. The zero-order chi connectivity index (χ0) is 13.7. The van der Waals surface area contributed by atoms with Crippen LogP contribution in [0.1, 0.15) is 16.1 Å². The summed E-state index contributed by atoms with van der Waals surface area (Å²) in [6.45, 7) is 0.684. The number of aromatic nitrogens is 2. The summed E-state index contributed by atoms with van der Waals surface area (Å²) in [5.74, 6) is 0.390. The summed E-state index contributed by atoms with van der Waals surface area (Å²) in [5, 5.41) is 10.5. The van der Waals surface area contributed by atoms with E-state index < -0.39 is 5.91 Å². The van der Waals surface area contributed by atoms with Gasteiger partial charge in [-0.05, 0) is 19.2 Å². The summed E-state index contributed by atoms with van der Waals surface area (Å²) in [6, 6.07) is 10.6. The van der Waals surface area contributed by atoms with Crippen LogP contribution in [0.4, 0.5) is 0 Å². The first-order chi connectivity index (χ1) is 9.20. The third kappa shape index (κ3) is 3.26. The van der Waals surface area contributed by atoms with Crippen LogP contribution in [0.5, 0.6) is 11.6 Å². The van der Waals surface area contributed by atoms with Gasteiger partial charge in [0.25, 0.3) is 5.91 Å². The van der Waals surface area contributed by atoms with Gasteiger partial charge in [0.1, 0.15) is 5.75 Å². The number of ether oxygens (including phenoxy) is 1. The molecule has 0 unspecified atom stereocenters. The van der Waals surface area contributed by atoms with Gasteiger partial charge < -0.3 is 15.8 Å². The number of benzene rings is 1. The van der Waals surface area contributed by atoms with Crippen molar-refractivity contribution in [3.8, 4) is 11.6 Å². The van der Waals surface area contributed by atoms with E-state index in [-0.39, 0.29) is 5.69 Å². The number of nitrogens with two attached hydrogens (primary N) is 1. The molecule has 0 spiro atoms. The van der Waals surface area contributed by atoms with Crippen LogP contribution in [-0.2, 0) is 6.54 Å². The minimum atomic E-state index is -0.616. The molecule has 1 amide bonds. The Balaban J connectivity index is 2.19. The van der Waals surface area contributed by atoms with Crippen molar-refractivity contribution in [3.63, 3.8) is 0 Å². The predicted octanol–water partition coefficient (Wildman–Crippen LogP) is 1.09. The van der Waals surface area contributed by atoms with Crippen molar-refractivity contribution >= 4 is 5.91 Å². The molecule has 0 aliphatic carbocycles. The Hall–Kier alpha value is -2.47. The molecule has 6 nitrogen and oxygen atoms in total. The summed E-state index contributed by atoms with van der Waals surface area (Å²) in [4.78, 5) is 10.9. The van der Waals surface area contributed by atoms with Gasteiger partial charge in [0.15, 0.2) is 5.69 Å². The molecule has 0 radical (unpaired) electrons. The van der Waals surface area contributed by atoms with E-state index in [1.807, 2.05) is 31.3 Å². The van der Waals surface area contributed by atoms with Gasteiger partial charge in [-0.3, -0.25) is 4.79 Å². The first-order valence-corrected chi connectivity index (χ1v) is 5.74. The number of hydrogen-bond donors (Lipinski definition) is 2. The van der Waals surface area contributed by atoms with Gasteiger partial charge in [-0.1, -0.05) is 18.2 Å². The van der Waals surface area contributed by atoms with Crippen molar-refractivity contribution in [2.45, 2.75) is 6.54 Å².